The van der Waals surface area contributed by atoms with Crippen LogP contribution in [0.1, 0.15) is 16.2 Å². The van der Waals surface area contributed by atoms with Crippen molar-refractivity contribution < 1.29 is 19.1 Å². The summed E-state index contributed by atoms with van der Waals surface area (Å²) in [5.41, 5.74) is 0.143. The van der Waals surface area contributed by atoms with Gasteiger partial charge in [0.05, 0.1) is 11.3 Å². The van der Waals surface area contributed by atoms with Gasteiger partial charge in [-0.2, -0.15) is 0 Å². The zero-order valence-electron chi connectivity index (χ0n) is 10.8. The smallest absolute Gasteiger partial charge is 0.336 e. The lowest BCUT2D eigenvalue weighted by Crippen LogP contribution is -2.14. The van der Waals surface area contributed by atoms with Crippen molar-refractivity contribution >= 4 is 45.6 Å². The van der Waals surface area contributed by atoms with Crippen LogP contribution in [0.15, 0.2) is 32.0 Å². The zero-order valence-corrected chi connectivity index (χ0v) is 13.2. The van der Waals surface area contributed by atoms with Crippen molar-refractivity contribution in [1.82, 2.24) is 10.2 Å². The molecule has 0 aliphatic carbocycles. The SMILES string of the molecule is Cc1nnc(NC(=O)CSc2cc(Br)ccc2C(=O)O)o1. The molecule has 0 saturated carbocycles. The fourth-order valence-corrected chi connectivity index (χ4v) is 2.83. The van der Waals surface area contributed by atoms with Gasteiger partial charge in [0.1, 0.15) is 0 Å². The Hall–Kier alpha value is -1.87. The van der Waals surface area contributed by atoms with Crippen molar-refractivity contribution in [3.63, 3.8) is 0 Å². The summed E-state index contributed by atoms with van der Waals surface area (Å²) in [6, 6.07) is 4.78. The number of carboxylic acids is 1. The van der Waals surface area contributed by atoms with E-state index in [0.717, 1.165) is 16.2 Å². The molecule has 110 valence electrons. The van der Waals surface area contributed by atoms with Crippen molar-refractivity contribution in [1.29, 1.82) is 0 Å². The maximum atomic E-state index is 11.7. The van der Waals surface area contributed by atoms with Crippen LogP contribution < -0.4 is 5.32 Å². The highest BCUT2D eigenvalue weighted by atomic mass is 79.9. The fraction of sp³-hybridized carbons (Fsp3) is 0.167. The van der Waals surface area contributed by atoms with Gasteiger partial charge in [-0.1, -0.05) is 21.0 Å². The molecule has 0 aliphatic heterocycles. The number of carbonyl (C=O) groups excluding carboxylic acids is 1. The van der Waals surface area contributed by atoms with Gasteiger partial charge in [0.2, 0.25) is 11.8 Å². The molecular weight excluding hydrogens is 362 g/mol. The first kappa shape index (κ1) is 15.5. The van der Waals surface area contributed by atoms with Gasteiger partial charge >= 0.3 is 12.0 Å². The van der Waals surface area contributed by atoms with Crippen LogP contribution in [0.4, 0.5) is 6.01 Å². The van der Waals surface area contributed by atoms with Gasteiger partial charge in [0, 0.05) is 16.3 Å². The molecule has 1 aromatic heterocycles. The number of thioether (sulfide) groups is 1. The van der Waals surface area contributed by atoms with Crippen LogP contribution in [-0.2, 0) is 4.79 Å². The second kappa shape index (κ2) is 6.72. The standard InChI is InChI=1S/C12H10BrN3O4S/c1-6-15-16-12(20-6)14-10(17)5-21-9-4-7(13)2-3-8(9)11(18)19/h2-4H,5H2,1H3,(H,18,19)(H,14,16,17). The predicted molar refractivity (Wildman–Crippen MR) is 79.5 cm³/mol. The Labute approximate surface area is 132 Å². The number of amides is 1. The Morgan fingerprint density at radius 1 is 1.43 bits per heavy atom. The minimum absolute atomic E-state index is 0.0193. The van der Waals surface area contributed by atoms with Crippen LogP contribution in [0.3, 0.4) is 0 Å². The maximum absolute atomic E-state index is 11.7. The molecule has 0 aliphatic rings. The summed E-state index contributed by atoms with van der Waals surface area (Å²) in [6.07, 6.45) is 0. The molecule has 0 unspecified atom stereocenters. The van der Waals surface area contributed by atoms with E-state index in [-0.39, 0.29) is 23.2 Å². The third kappa shape index (κ3) is 4.30. The van der Waals surface area contributed by atoms with Gasteiger partial charge in [-0.15, -0.1) is 16.9 Å². The summed E-state index contributed by atoms with van der Waals surface area (Å²) >= 11 is 4.38. The molecule has 9 heteroatoms. The van der Waals surface area contributed by atoms with Crippen LogP contribution >= 0.6 is 27.7 Å². The molecule has 1 amide bonds. The number of rotatable bonds is 5. The number of halogens is 1. The van der Waals surface area contributed by atoms with Crippen molar-refractivity contribution in [3.8, 4) is 0 Å². The molecule has 0 saturated heterocycles. The van der Waals surface area contributed by atoms with Crippen LogP contribution in [0.5, 0.6) is 0 Å². The lowest BCUT2D eigenvalue weighted by Gasteiger charge is -2.06. The summed E-state index contributed by atoms with van der Waals surface area (Å²) in [5, 5.41) is 18.8. The Bertz CT molecular complexity index is 689. The Kier molecular flexibility index (Phi) is 4.97. The number of anilines is 1. The lowest BCUT2D eigenvalue weighted by atomic mass is 10.2. The molecule has 0 bridgehead atoms. The van der Waals surface area contributed by atoms with E-state index in [4.69, 9.17) is 9.52 Å². The predicted octanol–water partition coefficient (Wildman–Crippen LogP) is 2.57. The third-order valence-electron chi connectivity index (χ3n) is 2.31. The molecule has 2 N–H and O–H groups in total. The van der Waals surface area contributed by atoms with E-state index in [1.165, 1.54) is 6.07 Å². The van der Waals surface area contributed by atoms with E-state index < -0.39 is 5.97 Å². The minimum atomic E-state index is -1.04. The van der Waals surface area contributed by atoms with Gasteiger partial charge in [-0.25, -0.2) is 4.79 Å². The van der Waals surface area contributed by atoms with Gasteiger partial charge in [-0.05, 0) is 18.2 Å². The van der Waals surface area contributed by atoms with Gasteiger partial charge in [0.25, 0.3) is 0 Å². The van der Waals surface area contributed by atoms with Gasteiger partial charge in [0.15, 0.2) is 0 Å². The molecule has 1 aromatic carbocycles. The summed E-state index contributed by atoms with van der Waals surface area (Å²) in [7, 11) is 0. The Morgan fingerprint density at radius 2 is 2.19 bits per heavy atom. The van der Waals surface area contributed by atoms with Crippen molar-refractivity contribution in [2.45, 2.75) is 11.8 Å². The molecule has 0 atom stereocenters. The Balaban J connectivity index is 2.00. The largest absolute Gasteiger partial charge is 0.478 e. The number of carboxylic acid groups (broad SMARTS) is 1. The van der Waals surface area contributed by atoms with Crippen LogP contribution in [0.2, 0.25) is 0 Å². The average molecular weight is 372 g/mol. The highest BCUT2D eigenvalue weighted by Crippen LogP contribution is 2.26. The van der Waals surface area contributed by atoms with Crippen LogP contribution in [-0.4, -0.2) is 32.9 Å². The monoisotopic (exact) mass is 371 g/mol. The molecule has 0 spiro atoms. The molecule has 21 heavy (non-hydrogen) atoms. The van der Waals surface area contributed by atoms with E-state index in [9.17, 15) is 9.59 Å². The quantitative estimate of drug-likeness (QED) is 0.777. The van der Waals surface area contributed by atoms with Crippen molar-refractivity contribution in [2.75, 3.05) is 11.1 Å². The number of nitrogens with zero attached hydrogens (tertiary/aromatic N) is 2. The normalized spacial score (nSPS) is 10.4. The second-order valence-corrected chi connectivity index (χ2v) is 5.84. The fourth-order valence-electron chi connectivity index (χ4n) is 1.44. The van der Waals surface area contributed by atoms with Crippen LogP contribution in [0, 0.1) is 6.92 Å². The summed E-state index contributed by atoms with van der Waals surface area (Å²) in [5.74, 6) is -1.03. The van der Waals surface area contributed by atoms with Crippen molar-refractivity contribution in [3.05, 3.63) is 34.1 Å². The molecule has 0 radical (unpaired) electrons. The first-order valence-electron chi connectivity index (χ1n) is 5.71. The number of benzene rings is 1. The topological polar surface area (TPSA) is 105 Å². The minimum Gasteiger partial charge on any atom is -0.478 e. The molecule has 0 fully saturated rings. The number of hydrogen-bond donors (Lipinski definition) is 2. The number of nitrogens with one attached hydrogen (secondary N) is 1. The van der Waals surface area contributed by atoms with E-state index >= 15 is 0 Å². The van der Waals surface area contributed by atoms with E-state index in [1.54, 1.807) is 19.1 Å². The maximum Gasteiger partial charge on any atom is 0.336 e. The van der Waals surface area contributed by atoms with Crippen LogP contribution in [0.25, 0.3) is 0 Å². The molecular formula is C12H10BrN3O4S. The number of aryl methyl sites for hydroxylation is 1. The number of hydrogen-bond acceptors (Lipinski definition) is 6. The molecule has 2 rings (SSSR count). The number of carbonyl (C=O) groups is 2. The number of aromatic nitrogens is 2. The highest BCUT2D eigenvalue weighted by Gasteiger charge is 2.14. The van der Waals surface area contributed by atoms with E-state index in [1.807, 2.05) is 0 Å². The molecule has 7 nitrogen and oxygen atoms in total. The highest BCUT2D eigenvalue weighted by molar-refractivity contribution is 9.10. The molecule has 1 heterocycles. The number of aromatic carboxylic acids is 1. The summed E-state index contributed by atoms with van der Waals surface area (Å²) < 4.78 is 5.76. The second-order valence-electron chi connectivity index (χ2n) is 3.91. The first-order chi connectivity index (χ1) is 9.95. The first-order valence-corrected chi connectivity index (χ1v) is 7.49. The van der Waals surface area contributed by atoms with Crippen molar-refractivity contribution in [2.24, 2.45) is 0 Å². The van der Waals surface area contributed by atoms with Gasteiger partial charge < -0.3 is 9.52 Å². The summed E-state index contributed by atoms with van der Waals surface area (Å²) in [4.78, 5) is 23.3. The molecule has 2 aromatic rings. The van der Waals surface area contributed by atoms with E-state index in [0.29, 0.717) is 10.8 Å². The Morgan fingerprint density at radius 3 is 2.81 bits per heavy atom. The third-order valence-corrected chi connectivity index (χ3v) is 3.85. The summed E-state index contributed by atoms with van der Waals surface area (Å²) in [6.45, 7) is 1.61. The lowest BCUT2D eigenvalue weighted by molar-refractivity contribution is -0.113. The average Bonchev–Trinajstić information content (AvgIpc) is 2.81. The van der Waals surface area contributed by atoms with Gasteiger partial charge in [-0.3, -0.25) is 10.1 Å². The van der Waals surface area contributed by atoms with E-state index in [2.05, 4.69) is 31.4 Å². The zero-order chi connectivity index (χ0) is 15.4.